The molecule has 0 unspecified atom stereocenters. The molecule has 2 heterocycles. The van der Waals surface area contributed by atoms with E-state index in [2.05, 4.69) is 18.3 Å². The van der Waals surface area contributed by atoms with Crippen LogP contribution < -0.4 is 10.9 Å². The van der Waals surface area contributed by atoms with Gasteiger partial charge in [0.25, 0.3) is 0 Å². The summed E-state index contributed by atoms with van der Waals surface area (Å²) in [6.07, 6.45) is 2.59. The molecule has 4 aromatic rings. The third-order valence-corrected chi connectivity index (χ3v) is 4.32. The molecule has 2 aromatic heterocycles. The highest BCUT2D eigenvalue weighted by Crippen LogP contribution is 2.35. The summed E-state index contributed by atoms with van der Waals surface area (Å²) in [5.74, 6) is 0. The molecular weight excluding hydrogens is 302 g/mol. The summed E-state index contributed by atoms with van der Waals surface area (Å²) in [5.41, 5.74) is 4.82. The summed E-state index contributed by atoms with van der Waals surface area (Å²) in [6.45, 7) is 4.02. The average Bonchev–Trinajstić information content (AvgIpc) is 2.98. The molecule has 0 aliphatic carbocycles. The van der Waals surface area contributed by atoms with Crippen LogP contribution in [0.15, 0.2) is 62.4 Å². The molecule has 2 aromatic carbocycles. The number of hydrogen-bond acceptors (Lipinski definition) is 4. The molecule has 0 amide bonds. The molecule has 24 heavy (non-hydrogen) atoms. The highest BCUT2D eigenvalue weighted by molar-refractivity contribution is 6.10. The van der Waals surface area contributed by atoms with Gasteiger partial charge in [0.15, 0.2) is 5.58 Å². The third kappa shape index (κ3) is 2.27. The quantitative estimate of drug-likeness (QED) is 0.530. The van der Waals surface area contributed by atoms with Crippen molar-refractivity contribution >= 4 is 33.3 Å². The zero-order chi connectivity index (χ0) is 16.7. The summed E-state index contributed by atoms with van der Waals surface area (Å²) in [7, 11) is 0. The number of benzene rings is 2. The Hall–Kier alpha value is -3.01. The zero-order valence-corrected chi connectivity index (χ0v) is 13.6. The SMILES string of the molecule is CCc1ccccc1Nc1coc2ccc3c(C)cc(=O)oc3c12. The lowest BCUT2D eigenvalue weighted by molar-refractivity contribution is 0.562. The van der Waals surface area contributed by atoms with Crippen LogP contribution in [0.1, 0.15) is 18.1 Å². The van der Waals surface area contributed by atoms with Crippen LogP contribution in [0.3, 0.4) is 0 Å². The van der Waals surface area contributed by atoms with Crippen molar-refractivity contribution in [1.29, 1.82) is 0 Å². The number of aryl methyl sites for hydroxylation is 2. The van der Waals surface area contributed by atoms with Crippen LogP contribution in [0, 0.1) is 6.92 Å². The molecule has 0 saturated carbocycles. The minimum absolute atomic E-state index is 0.353. The van der Waals surface area contributed by atoms with Crippen LogP contribution >= 0.6 is 0 Å². The molecule has 0 aliphatic rings. The van der Waals surface area contributed by atoms with Gasteiger partial charge in [-0.2, -0.15) is 0 Å². The number of rotatable bonds is 3. The van der Waals surface area contributed by atoms with Gasteiger partial charge in [0, 0.05) is 17.1 Å². The first-order chi connectivity index (χ1) is 11.7. The van der Waals surface area contributed by atoms with E-state index in [1.54, 1.807) is 6.26 Å². The monoisotopic (exact) mass is 319 g/mol. The molecule has 0 radical (unpaired) electrons. The highest BCUT2D eigenvalue weighted by atomic mass is 16.4. The van der Waals surface area contributed by atoms with Crippen molar-refractivity contribution in [3.8, 4) is 0 Å². The van der Waals surface area contributed by atoms with Gasteiger partial charge in [0.1, 0.15) is 11.8 Å². The zero-order valence-electron chi connectivity index (χ0n) is 13.6. The van der Waals surface area contributed by atoms with Gasteiger partial charge >= 0.3 is 5.63 Å². The van der Waals surface area contributed by atoms with E-state index in [0.29, 0.717) is 11.2 Å². The van der Waals surface area contributed by atoms with Crippen molar-refractivity contribution in [2.24, 2.45) is 0 Å². The molecule has 4 rings (SSSR count). The second-order valence-electron chi connectivity index (χ2n) is 5.85. The van der Waals surface area contributed by atoms with Crippen LogP contribution in [0.2, 0.25) is 0 Å². The highest BCUT2D eigenvalue weighted by Gasteiger charge is 2.14. The smallest absolute Gasteiger partial charge is 0.336 e. The maximum atomic E-state index is 11.8. The molecule has 1 N–H and O–H groups in total. The van der Waals surface area contributed by atoms with Crippen LogP contribution in [0.5, 0.6) is 0 Å². The van der Waals surface area contributed by atoms with Gasteiger partial charge in [-0.15, -0.1) is 0 Å². The fourth-order valence-electron chi connectivity index (χ4n) is 3.09. The lowest BCUT2D eigenvalue weighted by Gasteiger charge is -2.10. The predicted octanol–water partition coefficient (Wildman–Crippen LogP) is 5.15. The van der Waals surface area contributed by atoms with Crippen LogP contribution in [0.4, 0.5) is 11.4 Å². The Labute approximate surface area is 138 Å². The van der Waals surface area contributed by atoms with E-state index in [1.807, 2.05) is 37.3 Å². The predicted molar refractivity (Wildman–Crippen MR) is 96.1 cm³/mol. The minimum atomic E-state index is -0.353. The fraction of sp³-hybridized carbons (Fsp3) is 0.150. The molecular formula is C20H17NO3. The van der Waals surface area contributed by atoms with Gasteiger partial charge in [-0.25, -0.2) is 4.79 Å². The van der Waals surface area contributed by atoms with E-state index in [9.17, 15) is 4.79 Å². The lowest BCUT2D eigenvalue weighted by atomic mass is 10.1. The Morgan fingerprint density at radius 1 is 1.08 bits per heavy atom. The molecule has 4 heteroatoms. The van der Waals surface area contributed by atoms with Crippen LogP contribution in [-0.2, 0) is 6.42 Å². The third-order valence-electron chi connectivity index (χ3n) is 4.32. The van der Waals surface area contributed by atoms with Gasteiger partial charge in [-0.1, -0.05) is 25.1 Å². The second-order valence-corrected chi connectivity index (χ2v) is 5.85. The van der Waals surface area contributed by atoms with E-state index in [4.69, 9.17) is 8.83 Å². The van der Waals surface area contributed by atoms with Crippen molar-refractivity contribution in [2.75, 3.05) is 5.32 Å². The Bertz CT molecular complexity index is 1100. The maximum Gasteiger partial charge on any atom is 0.336 e. The molecule has 4 nitrogen and oxygen atoms in total. The number of nitrogens with one attached hydrogen (secondary N) is 1. The molecule has 0 spiro atoms. The molecule has 0 bridgehead atoms. The van der Waals surface area contributed by atoms with E-state index >= 15 is 0 Å². The van der Waals surface area contributed by atoms with Crippen LogP contribution in [0.25, 0.3) is 21.9 Å². The molecule has 0 saturated heterocycles. The summed E-state index contributed by atoms with van der Waals surface area (Å²) >= 11 is 0. The van der Waals surface area contributed by atoms with Gasteiger partial charge in [0.05, 0.1) is 11.1 Å². The first kappa shape index (κ1) is 14.6. The van der Waals surface area contributed by atoms with Gasteiger partial charge < -0.3 is 14.2 Å². The molecule has 120 valence electrons. The Morgan fingerprint density at radius 2 is 1.92 bits per heavy atom. The molecule has 0 fully saturated rings. The van der Waals surface area contributed by atoms with Crippen molar-refractivity contribution in [1.82, 2.24) is 0 Å². The molecule has 0 atom stereocenters. The Morgan fingerprint density at radius 3 is 2.75 bits per heavy atom. The Kier molecular flexibility index (Phi) is 3.38. The van der Waals surface area contributed by atoms with Gasteiger partial charge in [-0.05, 0) is 42.7 Å². The minimum Gasteiger partial charge on any atom is -0.462 e. The second kappa shape index (κ2) is 5.57. The van der Waals surface area contributed by atoms with Crippen molar-refractivity contribution in [3.63, 3.8) is 0 Å². The number of para-hydroxylation sites is 1. The lowest BCUT2D eigenvalue weighted by Crippen LogP contribution is -1.99. The van der Waals surface area contributed by atoms with E-state index < -0.39 is 0 Å². The standard InChI is InChI=1S/C20H17NO3/c1-3-13-6-4-5-7-15(13)21-16-11-23-17-9-8-14-12(2)10-18(22)24-20(14)19(16)17/h4-11,21H,3H2,1-2H3. The number of hydrogen-bond donors (Lipinski definition) is 1. The first-order valence-electron chi connectivity index (χ1n) is 7.97. The Balaban J connectivity index is 1.96. The largest absolute Gasteiger partial charge is 0.462 e. The summed E-state index contributed by atoms with van der Waals surface area (Å²) < 4.78 is 11.2. The number of fused-ring (bicyclic) bond motifs is 3. The normalized spacial score (nSPS) is 11.2. The van der Waals surface area contributed by atoms with E-state index in [-0.39, 0.29) is 5.63 Å². The van der Waals surface area contributed by atoms with Crippen molar-refractivity contribution < 1.29 is 8.83 Å². The van der Waals surface area contributed by atoms with Gasteiger partial charge in [0.2, 0.25) is 0 Å². The van der Waals surface area contributed by atoms with E-state index in [1.165, 1.54) is 11.6 Å². The summed E-state index contributed by atoms with van der Waals surface area (Å²) in [4.78, 5) is 11.8. The van der Waals surface area contributed by atoms with Gasteiger partial charge in [-0.3, -0.25) is 0 Å². The molecule has 0 aliphatic heterocycles. The average molecular weight is 319 g/mol. The fourth-order valence-corrected chi connectivity index (χ4v) is 3.09. The topological polar surface area (TPSA) is 55.4 Å². The van der Waals surface area contributed by atoms with E-state index in [0.717, 1.165) is 34.1 Å². The van der Waals surface area contributed by atoms with Crippen molar-refractivity contribution in [3.05, 3.63) is 70.3 Å². The van der Waals surface area contributed by atoms with Crippen molar-refractivity contribution in [2.45, 2.75) is 20.3 Å². The first-order valence-corrected chi connectivity index (χ1v) is 7.97. The maximum absolute atomic E-state index is 11.8. The summed E-state index contributed by atoms with van der Waals surface area (Å²) in [6, 6.07) is 13.5. The van der Waals surface area contributed by atoms with Crippen LogP contribution in [-0.4, -0.2) is 0 Å². The number of furan rings is 1. The summed E-state index contributed by atoms with van der Waals surface area (Å²) in [5, 5.41) is 5.12. The number of anilines is 2.